The van der Waals surface area contributed by atoms with Crippen molar-refractivity contribution in [2.24, 2.45) is 5.92 Å². The molecule has 0 aliphatic rings. The van der Waals surface area contributed by atoms with Gasteiger partial charge >= 0.3 is 0 Å². The molecule has 0 spiro atoms. The fourth-order valence-corrected chi connectivity index (χ4v) is 4.80. The van der Waals surface area contributed by atoms with Crippen molar-refractivity contribution in [3.63, 3.8) is 0 Å². The summed E-state index contributed by atoms with van der Waals surface area (Å²) in [5.74, 6) is 1.35. The van der Waals surface area contributed by atoms with Gasteiger partial charge in [-0.1, -0.05) is 61.6 Å². The van der Waals surface area contributed by atoms with E-state index in [0.29, 0.717) is 23.6 Å². The van der Waals surface area contributed by atoms with E-state index >= 15 is 0 Å². The highest BCUT2D eigenvalue weighted by molar-refractivity contribution is 7.99. The zero-order valence-electron chi connectivity index (χ0n) is 18.5. The minimum absolute atomic E-state index is 0.115. The zero-order valence-corrected chi connectivity index (χ0v) is 20.2. The summed E-state index contributed by atoms with van der Waals surface area (Å²) in [6, 6.07) is 17.1. The molecule has 0 aliphatic carbocycles. The molecule has 0 bridgehead atoms. The van der Waals surface area contributed by atoms with Gasteiger partial charge in [0.1, 0.15) is 11.9 Å². The van der Waals surface area contributed by atoms with Gasteiger partial charge in [-0.25, -0.2) is 0 Å². The molecule has 0 fully saturated rings. The van der Waals surface area contributed by atoms with E-state index in [1.807, 2.05) is 48.7 Å². The summed E-state index contributed by atoms with van der Waals surface area (Å²) in [4.78, 5) is 14.5. The summed E-state index contributed by atoms with van der Waals surface area (Å²) >= 11 is 3.04. The Kier molecular flexibility index (Phi) is 8.77. The molecule has 0 atom stereocenters. The summed E-state index contributed by atoms with van der Waals surface area (Å²) in [7, 11) is 0. The van der Waals surface area contributed by atoms with E-state index < -0.39 is 0 Å². The Morgan fingerprint density at radius 3 is 2.56 bits per heavy atom. The standard InChI is InChI=1S/C24H27N5OS2/c1-17(2)16-29-22(27-28-24(29)31-3)13-8-14-26-23(30)19-10-5-7-12-21(19)32-20-11-6-4-9-18(20)15-25/h4-7,9-12,17H,8,13-14,16H2,1-3H3,(H,26,30). The molecular weight excluding hydrogens is 438 g/mol. The molecule has 6 nitrogen and oxygen atoms in total. The lowest BCUT2D eigenvalue weighted by molar-refractivity contribution is 0.0950. The zero-order chi connectivity index (χ0) is 22.9. The van der Waals surface area contributed by atoms with E-state index in [9.17, 15) is 10.1 Å². The van der Waals surface area contributed by atoms with Gasteiger partial charge in [0.15, 0.2) is 5.16 Å². The molecule has 3 aromatic rings. The van der Waals surface area contributed by atoms with Crippen LogP contribution in [0.1, 0.15) is 42.0 Å². The van der Waals surface area contributed by atoms with E-state index in [-0.39, 0.29) is 5.91 Å². The first kappa shape index (κ1) is 23.9. The molecule has 1 amide bonds. The Balaban J connectivity index is 1.61. The van der Waals surface area contributed by atoms with Gasteiger partial charge in [-0.05, 0) is 42.9 Å². The third-order valence-corrected chi connectivity index (χ3v) is 6.56. The smallest absolute Gasteiger partial charge is 0.252 e. The van der Waals surface area contributed by atoms with Crippen LogP contribution in [0.4, 0.5) is 0 Å². The lowest BCUT2D eigenvalue weighted by atomic mass is 10.2. The van der Waals surface area contributed by atoms with E-state index in [4.69, 9.17) is 0 Å². The number of amides is 1. The van der Waals surface area contributed by atoms with Gasteiger partial charge in [0, 0.05) is 29.3 Å². The third-order valence-electron chi connectivity index (χ3n) is 4.75. The minimum atomic E-state index is -0.115. The van der Waals surface area contributed by atoms with Crippen LogP contribution in [0.2, 0.25) is 0 Å². The van der Waals surface area contributed by atoms with Crippen LogP contribution in [0, 0.1) is 17.2 Å². The molecule has 8 heteroatoms. The molecule has 0 saturated carbocycles. The lowest BCUT2D eigenvalue weighted by Crippen LogP contribution is -2.25. The fourth-order valence-electron chi connectivity index (χ4n) is 3.26. The molecule has 0 aliphatic heterocycles. The van der Waals surface area contributed by atoms with Crippen LogP contribution in [0.15, 0.2) is 63.5 Å². The average molecular weight is 466 g/mol. The quantitative estimate of drug-likeness (QED) is 0.333. The van der Waals surface area contributed by atoms with Gasteiger partial charge in [-0.3, -0.25) is 4.79 Å². The highest BCUT2D eigenvalue weighted by Crippen LogP contribution is 2.32. The number of rotatable bonds is 10. The summed E-state index contributed by atoms with van der Waals surface area (Å²) < 4.78 is 2.18. The van der Waals surface area contributed by atoms with Crippen molar-refractivity contribution in [1.29, 1.82) is 5.26 Å². The van der Waals surface area contributed by atoms with Crippen molar-refractivity contribution in [3.05, 3.63) is 65.5 Å². The molecule has 3 rings (SSSR count). The predicted octanol–water partition coefficient (Wildman–Crippen LogP) is 5.04. The number of aryl methyl sites for hydroxylation is 1. The summed E-state index contributed by atoms with van der Waals surface area (Å²) in [5, 5.41) is 21.9. The van der Waals surface area contributed by atoms with E-state index in [2.05, 4.69) is 40.0 Å². The number of nitriles is 1. The summed E-state index contributed by atoms with van der Waals surface area (Å²) in [6.07, 6.45) is 3.55. The Hall–Kier alpha value is -2.76. The van der Waals surface area contributed by atoms with E-state index in [1.165, 1.54) is 11.8 Å². The monoisotopic (exact) mass is 465 g/mol. The second-order valence-corrected chi connectivity index (χ2v) is 9.53. The molecule has 32 heavy (non-hydrogen) atoms. The fraction of sp³-hybridized carbons (Fsp3) is 0.333. The van der Waals surface area contributed by atoms with Crippen LogP contribution in [0.3, 0.4) is 0 Å². The third kappa shape index (κ3) is 6.15. The SMILES string of the molecule is CSc1nnc(CCCNC(=O)c2ccccc2Sc2ccccc2C#N)n1CC(C)C. The summed E-state index contributed by atoms with van der Waals surface area (Å²) in [6.45, 7) is 5.80. The van der Waals surface area contributed by atoms with Crippen molar-refractivity contribution < 1.29 is 4.79 Å². The number of hydrogen-bond donors (Lipinski definition) is 1. The van der Waals surface area contributed by atoms with Gasteiger partial charge in [-0.15, -0.1) is 10.2 Å². The first-order chi connectivity index (χ1) is 15.5. The summed E-state index contributed by atoms with van der Waals surface area (Å²) in [5.41, 5.74) is 1.21. The van der Waals surface area contributed by atoms with Crippen LogP contribution >= 0.6 is 23.5 Å². The minimum Gasteiger partial charge on any atom is -0.352 e. The van der Waals surface area contributed by atoms with Crippen molar-refractivity contribution in [1.82, 2.24) is 20.1 Å². The number of thioether (sulfide) groups is 1. The van der Waals surface area contributed by atoms with Crippen molar-refractivity contribution in [2.45, 2.75) is 48.2 Å². The van der Waals surface area contributed by atoms with Crippen LogP contribution in [-0.4, -0.2) is 33.5 Å². The van der Waals surface area contributed by atoms with Gasteiger partial charge in [0.05, 0.1) is 11.1 Å². The number of carbonyl (C=O) groups excluding carboxylic acids is 1. The van der Waals surface area contributed by atoms with Gasteiger partial charge < -0.3 is 9.88 Å². The second-order valence-electron chi connectivity index (χ2n) is 7.67. The number of nitrogens with one attached hydrogen (secondary N) is 1. The number of aromatic nitrogens is 3. The van der Waals surface area contributed by atoms with Gasteiger partial charge in [-0.2, -0.15) is 5.26 Å². The molecule has 0 unspecified atom stereocenters. The van der Waals surface area contributed by atoms with Gasteiger partial charge in [0.25, 0.3) is 5.91 Å². The molecular formula is C24H27N5OS2. The topological polar surface area (TPSA) is 83.6 Å². The number of carbonyl (C=O) groups is 1. The first-order valence-corrected chi connectivity index (χ1v) is 12.6. The molecule has 1 N–H and O–H groups in total. The van der Waals surface area contributed by atoms with Crippen molar-refractivity contribution in [2.75, 3.05) is 12.8 Å². The van der Waals surface area contributed by atoms with Crippen LogP contribution in [0.5, 0.6) is 0 Å². The van der Waals surface area contributed by atoms with E-state index in [1.54, 1.807) is 17.8 Å². The number of hydrogen-bond acceptors (Lipinski definition) is 6. The maximum Gasteiger partial charge on any atom is 0.252 e. The Morgan fingerprint density at radius 2 is 1.84 bits per heavy atom. The molecule has 2 aromatic carbocycles. The maximum absolute atomic E-state index is 12.9. The van der Waals surface area contributed by atoms with Gasteiger partial charge in [0.2, 0.25) is 0 Å². The largest absolute Gasteiger partial charge is 0.352 e. The van der Waals surface area contributed by atoms with Crippen LogP contribution in [-0.2, 0) is 13.0 Å². The maximum atomic E-state index is 12.9. The Labute approximate surface area is 197 Å². The predicted molar refractivity (Wildman–Crippen MR) is 129 cm³/mol. The van der Waals surface area contributed by atoms with Crippen LogP contribution in [0.25, 0.3) is 0 Å². The van der Waals surface area contributed by atoms with Crippen molar-refractivity contribution in [3.8, 4) is 6.07 Å². The first-order valence-electron chi connectivity index (χ1n) is 10.5. The average Bonchev–Trinajstić information content (AvgIpc) is 3.18. The molecule has 0 radical (unpaired) electrons. The molecule has 0 saturated heterocycles. The molecule has 1 aromatic heterocycles. The normalized spacial score (nSPS) is 10.8. The lowest BCUT2D eigenvalue weighted by Gasteiger charge is -2.12. The number of benzene rings is 2. The van der Waals surface area contributed by atoms with Crippen molar-refractivity contribution >= 4 is 29.4 Å². The molecule has 166 valence electrons. The number of nitrogens with zero attached hydrogens (tertiary/aromatic N) is 4. The Morgan fingerprint density at radius 1 is 1.12 bits per heavy atom. The highest BCUT2D eigenvalue weighted by Gasteiger charge is 2.15. The highest BCUT2D eigenvalue weighted by atomic mass is 32.2. The molecule has 1 heterocycles. The second kappa shape index (κ2) is 11.7. The van der Waals surface area contributed by atoms with E-state index in [0.717, 1.165) is 40.2 Å². The Bertz CT molecular complexity index is 1100. The van der Waals surface area contributed by atoms with Crippen LogP contribution < -0.4 is 5.32 Å².